The van der Waals surface area contributed by atoms with E-state index in [1.54, 1.807) is 0 Å². The summed E-state index contributed by atoms with van der Waals surface area (Å²) in [5.74, 6) is 1.16. The van der Waals surface area contributed by atoms with Gasteiger partial charge < -0.3 is 22.7 Å². The number of hydrogen-bond donors (Lipinski definition) is 0. The van der Waals surface area contributed by atoms with Crippen molar-refractivity contribution in [2.75, 3.05) is 13.2 Å². The highest BCUT2D eigenvalue weighted by atomic mass is 16.6. The van der Waals surface area contributed by atoms with Crippen LogP contribution in [0.3, 0.4) is 0 Å². The Hall–Kier alpha value is -3.08. The highest BCUT2D eigenvalue weighted by Crippen LogP contribution is 2.38. The Kier molecular flexibility index (Phi) is 10.9. The Morgan fingerprint density at radius 3 is 1.22 bits per heavy atom. The second kappa shape index (κ2) is 15.2. The summed E-state index contributed by atoms with van der Waals surface area (Å²) in [6.45, 7) is 5.90. The monoisotopic (exact) mass is 560 g/mol. The quantitative estimate of drug-likeness (QED) is 0.0886. The predicted octanol–water partition coefficient (Wildman–Crippen LogP) is 12.1. The number of benzene rings is 2. The fourth-order valence-corrected chi connectivity index (χ4v) is 5.76. The summed E-state index contributed by atoms with van der Waals surface area (Å²) < 4.78 is 30.1. The number of ether oxygens (including phenoxy) is 2. The average molecular weight is 561 g/mol. The minimum Gasteiger partial charge on any atom is -0.465 e. The molecular weight excluding hydrogens is 512 g/mol. The van der Waals surface area contributed by atoms with Crippen molar-refractivity contribution >= 4 is 43.9 Å². The van der Waals surface area contributed by atoms with E-state index in [-0.39, 0.29) is 0 Å². The molecule has 5 rings (SSSR count). The molecule has 41 heavy (non-hydrogen) atoms. The van der Waals surface area contributed by atoms with Crippen LogP contribution in [0.15, 0.2) is 49.6 Å². The fourth-order valence-electron chi connectivity index (χ4n) is 5.76. The smallest absolute Gasteiger partial charge is 0.285 e. The summed E-state index contributed by atoms with van der Waals surface area (Å²) >= 11 is 0. The van der Waals surface area contributed by atoms with Gasteiger partial charge in [-0.15, -0.1) is 0 Å². The topological polar surface area (TPSA) is 57.9 Å². The minimum absolute atomic E-state index is 0.579. The van der Waals surface area contributed by atoms with E-state index in [0.29, 0.717) is 25.1 Å². The molecule has 5 aromatic rings. The van der Waals surface area contributed by atoms with Crippen LogP contribution in [0, 0.1) is 0 Å². The highest BCUT2D eigenvalue weighted by molar-refractivity contribution is 6.12. The Morgan fingerprint density at radius 2 is 0.805 bits per heavy atom. The summed E-state index contributed by atoms with van der Waals surface area (Å²) in [5.41, 5.74) is 3.16. The van der Waals surface area contributed by atoms with E-state index >= 15 is 0 Å². The van der Waals surface area contributed by atoms with Gasteiger partial charge in [0, 0.05) is 45.8 Å². The number of furan rings is 3. The first-order valence-corrected chi connectivity index (χ1v) is 16.3. The molecule has 0 N–H and O–H groups in total. The van der Waals surface area contributed by atoms with Gasteiger partial charge in [0.25, 0.3) is 11.9 Å². The third-order valence-electron chi connectivity index (χ3n) is 8.19. The molecular formula is C36H48O5. The van der Waals surface area contributed by atoms with E-state index in [0.717, 1.165) is 56.7 Å². The van der Waals surface area contributed by atoms with Crippen molar-refractivity contribution in [1.82, 2.24) is 0 Å². The van der Waals surface area contributed by atoms with Crippen LogP contribution >= 0.6 is 0 Å². The largest absolute Gasteiger partial charge is 0.465 e. The van der Waals surface area contributed by atoms with Crippen molar-refractivity contribution in [2.24, 2.45) is 0 Å². The lowest BCUT2D eigenvalue weighted by atomic mass is 10.1. The van der Waals surface area contributed by atoms with Crippen LogP contribution in [0.1, 0.15) is 117 Å². The number of unbranched alkanes of at least 4 members (excludes halogenated alkanes) is 14. The van der Waals surface area contributed by atoms with E-state index in [1.165, 1.54) is 89.9 Å². The van der Waals surface area contributed by atoms with Crippen LogP contribution in [0.2, 0.25) is 0 Å². The summed E-state index contributed by atoms with van der Waals surface area (Å²) in [7, 11) is 0. The SMILES string of the molecule is CCCCCCCCCCOc1cc2cc3c(cc2o1)oc1cc2oc(OCCCCCCCCCC)cc2cc13. The van der Waals surface area contributed by atoms with Crippen molar-refractivity contribution in [3.05, 3.63) is 36.4 Å². The summed E-state index contributed by atoms with van der Waals surface area (Å²) in [6.07, 6.45) is 20.5. The molecule has 0 atom stereocenters. The molecule has 0 aliphatic rings. The predicted molar refractivity (Wildman–Crippen MR) is 169 cm³/mol. The highest BCUT2D eigenvalue weighted by Gasteiger charge is 2.15. The Balaban J connectivity index is 1.14. The van der Waals surface area contributed by atoms with E-state index in [2.05, 4.69) is 26.0 Å². The van der Waals surface area contributed by atoms with E-state index in [4.69, 9.17) is 22.7 Å². The van der Waals surface area contributed by atoms with Crippen LogP contribution in [-0.2, 0) is 0 Å². The van der Waals surface area contributed by atoms with Crippen LogP contribution in [0.25, 0.3) is 43.9 Å². The van der Waals surface area contributed by atoms with E-state index < -0.39 is 0 Å². The number of rotatable bonds is 20. The molecule has 2 aromatic carbocycles. The first kappa shape index (κ1) is 29.4. The lowest BCUT2D eigenvalue weighted by molar-refractivity contribution is 0.242. The normalized spacial score (nSPS) is 12.0. The Labute approximate surface area is 244 Å². The van der Waals surface area contributed by atoms with Crippen LogP contribution in [0.5, 0.6) is 11.9 Å². The van der Waals surface area contributed by atoms with Gasteiger partial charge in [0.2, 0.25) is 0 Å². The molecule has 0 unspecified atom stereocenters. The van der Waals surface area contributed by atoms with Crippen molar-refractivity contribution in [3.63, 3.8) is 0 Å². The zero-order valence-electron chi connectivity index (χ0n) is 25.2. The summed E-state index contributed by atoms with van der Waals surface area (Å²) in [5, 5.41) is 4.17. The molecule has 3 heterocycles. The maximum absolute atomic E-state index is 6.21. The van der Waals surface area contributed by atoms with Gasteiger partial charge in [0.1, 0.15) is 22.3 Å². The number of hydrogen-bond acceptors (Lipinski definition) is 5. The molecule has 5 heteroatoms. The average Bonchev–Trinajstić information content (AvgIpc) is 3.66. The van der Waals surface area contributed by atoms with Crippen molar-refractivity contribution < 1.29 is 22.7 Å². The van der Waals surface area contributed by atoms with Crippen LogP contribution in [0.4, 0.5) is 0 Å². The standard InChI is InChI=1S/C36H48O5/c1-3-5-7-9-11-13-15-17-19-37-35-23-27-21-29-30-22-28-24-36(38-20-18-16-14-12-10-8-6-4-2)41-32(28)26-34(30)39-33(29)25-31(27)40-35/h21-26H,3-20H2,1-2H3. The zero-order chi connectivity index (χ0) is 28.3. The molecule has 0 amide bonds. The molecule has 0 aliphatic carbocycles. The molecule has 0 saturated heterocycles. The van der Waals surface area contributed by atoms with Crippen molar-refractivity contribution in [2.45, 2.75) is 117 Å². The van der Waals surface area contributed by atoms with Gasteiger partial charge in [-0.2, -0.15) is 0 Å². The molecule has 0 saturated carbocycles. The summed E-state index contributed by atoms with van der Waals surface area (Å²) in [4.78, 5) is 0. The first-order chi connectivity index (χ1) is 20.2. The molecule has 0 fully saturated rings. The van der Waals surface area contributed by atoms with Gasteiger partial charge in [-0.05, 0) is 25.0 Å². The third-order valence-corrected chi connectivity index (χ3v) is 8.19. The van der Waals surface area contributed by atoms with Crippen molar-refractivity contribution in [3.8, 4) is 11.9 Å². The second-order valence-electron chi connectivity index (χ2n) is 11.7. The number of fused-ring (bicyclic) bond motifs is 5. The molecule has 5 nitrogen and oxygen atoms in total. The second-order valence-corrected chi connectivity index (χ2v) is 11.7. The van der Waals surface area contributed by atoms with E-state index in [1.807, 2.05) is 24.3 Å². The van der Waals surface area contributed by atoms with Gasteiger partial charge in [-0.25, -0.2) is 0 Å². The van der Waals surface area contributed by atoms with Gasteiger partial charge in [0.05, 0.1) is 13.2 Å². The zero-order valence-corrected chi connectivity index (χ0v) is 25.2. The molecule has 0 radical (unpaired) electrons. The molecule has 3 aromatic heterocycles. The van der Waals surface area contributed by atoms with Crippen LogP contribution < -0.4 is 9.47 Å². The van der Waals surface area contributed by atoms with Crippen molar-refractivity contribution in [1.29, 1.82) is 0 Å². The first-order valence-electron chi connectivity index (χ1n) is 16.3. The minimum atomic E-state index is 0.579. The summed E-state index contributed by atoms with van der Waals surface area (Å²) in [6, 6.07) is 12.2. The Morgan fingerprint density at radius 1 is 0.415 bits per heavy atom. The Bertz CT molecular complexity index is 1380. The fraction of sp³-hybridized carbons (Fsp3) is 0.556. The molecule has 0 aliphatic heterocycles. The van der Waals surface area contributed by atoms with Crippen LogP contribution in [-0.4, -0.2) is 13.2 Å². The van der Waals surface area contributed by atoms with Gasteiger partial charge in [-0.3, -0.25) is 0 Å². The molecule has 222 valence electrons. The van der Waals surface area contributed by atoms with Gasteiger partial charge >= 0.3 is 0 Å². The lowest BCUT2D eigenvalue weighted by Crippen LogP contribution is -1.96. The molecule has 0 bridgehead atoms. The molecule has 0 spiro atoms. The van der Waals surface area contributed by atoms with Gasteiger partial charge in [0.15, 0.2) is 0 Å². The third kappa shape index (κ3) is 8.02. The lowest BCUT2D eigenvalue weighted by Gasteiger charge is -2.03. The maximum Gasteiger partial charge on any atom is 0.285 e. The van der Waals surface area contributed by atoms with E-state index in [9.17, 15) is 0 Å². The van der Waals surface area contributed by atoms with Gasteiger partial charge in [-0.1, -0.05) is 104 Å². The maximum atomic E-state index is 6.21.